The number of ether oxygens (including phenoxy) is 1. The first-order valence-corrected chi connectivity index (χ1v) is 5.97. The Bertz CT molecular complexity index is 735. The number of methoxy groups -OCH3 is 1. The van der Waals surface area contributed by atoms with Gasteiger partial charge in [-0.05, 0) is 24.3 Å². The summed E-state index contributed by atoms with van der Waals surface area (Å²) in [5, 5.41) is 30.4. The number of anilines is 1. The molecule has 0 radical (unpaired) electrons. The fourth-order valence-electron chi connectivity index (χ4n) is 1.77. The van der Waals surface area contributed by atoms with Gasteiger partial charge in [0.1, 0.15) is 5.75 Å². The molecule has 0 unspecified atom stereocenters. The maximum absolute atomic E-state index is 12.1. The van der Waals surface area contributed by atoms with E-state index in [2.05, 4.69) is 5.32 Å². The Hall–Kier alpha value is -3.20. The molecule has 0 atom stereocenters. The van der Waals surface area contributed by atoms with E-state index in [1.807, 2.05) is 6.07 Å². The molecule has 0 aliphatic heterocycles. The minimum absolute atomic E-state index is 0.0681. The SMILES string of the molecule is COc1cc(C#N)ccc1NC(=O)c1cccc(O)c1O. The fourth-order valence-corrected chi connectivity index (χ4v) is 1.77. The highest BCUT2D eigenvalue weighted by Gasteiger charge is 2.15. The summed E-state index contributed by atoms with van der Waals surface area (Å²) in [5.41, 5.74) is 0.677. The standard InChI is InChI=1S/C15H12N2O4/c1-21-13-7-9(8-16)5-6-11(13)17-15(20)10-3-2-4-12(18)14(10)19/h2-7,18-19H,1H3,(H,17,20). The van der Waals surface area contributed by atoms with E-state index in [4.69, 9.17) is 10.00 Å². The number of nitrogens with zero attached hydrogens (tertiary/aromatic N) is 1. The zero-order valence-electron chi connectivity index (χ0n) is 11.1. The normalized spacial score (nSPS) is 9.71. The van der Waals surface area contributed by atoms with Gasteiger partial charge in [0.05, 0.1) is 30.0 Å². The highest BCUT2D eigenvalue weighted by Crippen LogP contribution is 2.30. The van der Waals surface area contributed by atoms with Crippen LogP contribution in [-0.4, -0.2) is 23.2 Å². The smallest absolute Gasteiger partial charge is 0.259 e. The lowest BCUT2D eigenvalue weighted by atomic mass is 10.1. The van der Waals surface area contributed by atoms with E-state index in [1.165, 1.54) is 43.5 Å². The van der Waals surface area contributed by atoms with Crippen LogP contribution in [0.1, 0.15) is 15.9 Å². The predicted molar refractivity (Wildman–Crippen MR) is 75.4 cm³/mol. The maximum Gasteiger partial charge on any atom is 0.259 e. The van der Waals surface area contributed by atoms with E-state index in [0.717, 1.165) is 0 Å². The molecule has 106 valence electrons. The summed E-state index contributed by atoms with van der Waals surface area (Å²) < 4.78 is 5.10. The van der Waals surface area contributed by atoms with Crippen LogP contribution in [-0.2, 0) is 0 Å². The van der Waals surface area contributed by atoms with Crippen molar-refractivity contribution in [3.05, 3.63) is 47.5 Å². The Balaban J connectivity index is 2.32. The molecule has 0 saturated carbocycles. The number of hydrogen-bond donors (Lipinski definition) is 3. The monoisotopic (exact) mass is 284 g/mol. The van der Waals surface area contributed by atoms with Crippen LogP contribution in [0, 0.1) is 11.3 Å². The summed E-state index contributed by atoms with van der Waals surface area (Å²) in [5.74, 6) is -1.16. The first-order chi connectivity index (χ1) is 10.1. The van der Waals surface area contributed by atoms with Gasteiger partial charge in [0.15, 0.2) is 11.5 Å². The van der Waals surface area contributed by atoms with Crippen LogP contribution in [0.15, 0.2) is 36.4 Å². The molecule has 21 heavy (non-hydrogen) atoms. The molecule has 0 aromatic heterocycles. The van der Waals surface area contributed by atoms with E-state index in [0.29, 0.717) is 17.0 Å². The summed E-state index contributed by atoms with van der Waals surface area (Å²) in [6.07, 6.45) is 0. The molecule has 3 N–H and O–H groups in total. The average Bonchev–Trinajstić information content (AvgIpc) is 2.50. The maximum atomic E-state index is 12.1. The number of hydrogen-bond acceptors (Lipinski definition) is 5. The predicted octanol–water partition coefficient (Wildman–Crippen LogP) is 2.23. The summed E-state index contributed by atoms with van der Waals surface area (Å²) in [7, 11) is 1.41. The van der Waals surface area contributed by atoms with Crippen molar-refractivity contribution in [1.82, 2.24) is 0 Å². The lowest BCUT2D eigenvalue weighted by Crippen LogP contribution is -2.13. The number of nitriles is 1. The van der Waals surface area contributed by atoms with Crippen LogP contribution in [0.5, 0.6) is 17.2 Å². The molecule has 0 aliphatic carbocycles. The van der Waals surface area contributed by atoms with Crippen LogP contribution < -0.4 is 10.1 Å². The van der Waals surface area contributed by atoms with Gasteiger partial charge in [-0.15, -0.1) is 0 Å². The van der Waals surface area contributed by atoms with Gasteiger partial charge in [-0.3, -0.25) is 4.79 Å². The van der Waals surface area contributed by atoms with Crippen molar-refractivity contribution in [1.29, 1.82) is 5.26 Å². The first-order valence-electron chi connectivity index (χ1n) is 5.97. The number of aromatic hydroxyl groups is 2. The number of benzene rings is 2. The summed E-state index contributed by atoms with van der Waals surface area (Å²) in [6.45, 7) is 0. The molecule has 0 fully saturated rings. The van der Waals surface area contributed by atoms with Crippen molar-refractivity contribution in [2.45, 2.75) is 0 Å². The number of carbonyl (C=O) groups is 1. The Morgan fingerprint density at radius 3 is 2.71 bits per heavy atom. The number of phenols is 2. The molecule has 0 saturated heterocycles. The van der Waals surface area contributed by atoms with Gasteiger partial charge in [-0.2, -0.15) is 5.26 Å². The summed E-state index contributed by atoms with van der Waals surface area (Å²) >= 11 is 0. The highest BCUT2D eigenvalue weighted by atomic mass is 16.5. The number of carbonyl (C=O) groups excluding carboxylic acids is 1. The lowest BCUT2D eigenvalue weighted by molar-refractivity contribution is 0.102. The number of para-hydroxylation sites is 1. The molecule has 6 nitrogen and oxygen atoms in total. The molecule has 2 aromatic carbocycles. The molecule has 0 bridgehead atoms. The van der Waals surface area contributed by atoms with Gasteiger partial charge in [-0.1, -0.05) is 6.07 Å². The summed E-state index contributed by atoms with van der Waals surface area (Å²) in [4.78, 5) is 12.1. The van der Waals surface area contributed by atoms with E-state index < -0.39 is 11.7 Å². The number of rotatable bonds is 3. The molecule has 2 rings (SSSR count). The molecule has 1 amide bonds. The molecule has 6 heteroatoms. The quantitative estimate of drug-likeness (QED) is 0.750. The van der Waals surface area contributed by atoms with Crippen LogP contribution in [0.25, 0.3) is 0 Å². The van der Waals surface area contributed by atoms with E-state index in [1.54, 1.807) is 0 Å². The van der Waals surface area contributed by atoms with Crippen molar-refractivity contribution in [2.75, 3.05) is 12.4 Å². The minimum atomic E-state index is -0.605. The third-order valence-electron chi connectivity index (χ3n) is 2.84. The molecule has 0 heterocycles. The van der Waals surface area contributed by atoms with Crippen LogP contribution in [0.2, 0.25) is 0 Å². The summed E-state index contributed by atoms with van der Waals surface area (Å²) in [6, 6.07) is 10.6. The van der Waals surface area contributed by atoms with Crippen molar-refractivity contribution in [3.63, 3.8) is 0 Å². The molecule has 0 aliphatic rings. The average molecular weight is 284 g/mol. The molecular weight excluding hydrogens is 272 g/mol. The van der Waals surface area contributed by atoms with E-state index in [-0.39, 0.29) is 11.3 Å². The van der Waals surface area contributed by atoms with E-state index in [9.17, 15) is 15.0 Å². The van der Waals surface area contributed by atoms with Gasteiger partial charge in [0.25, 0.3) is 5.91 Å². The second-order valence-corrected chi connectivity index (χ2v) is 4.15. The third-order valence-corrected chi connectivity index (χ3v) is 2.84. The van der Waals surface area contributed by atoms with Crippen molar-refractivity contribution < 1.29 is 19.7 Å². The lowest BCUT2D eigenvalue weighted by Gasteiger charge is -2.11. The Kier molecular flexibility index (Phi) is 3.95. The molecular formula is C15H12N2O4. The number of phenolic OH excluding ortho intramolecular Hbond substituents is 2. The minimum Gasteiger partial charge on any atom is -0.504 e. The Labute approximate surface area is 120 Å². The van der Waals surface area contributed by atoms with E-state index >= 15 is 0 Å². The Morgan fingerprint density at radius 2 is 2.05 bits per heavy atom. The van der Waals surface area contributed by atoms with Crippen LogP contribution in [0.4, 0.5) is 5.69 Å². The Morgan fingerprint density at radius 1 is 1.29 bits per heavy atom. The second kappa shape index (κ2) is 5.84. The van der Waals surface area contributed by atoms with Gasteiger partial charge in [0.2, 0.25) is 0 Å². The zero-order valence-corrected chi connectivity index (χ0v) is 11.1. The topological polar surface area (TPSA) is 103 Å². The second-order valence-electron chi connectivity index (χ2n) is 4.15. The molecule has 2 aromatic rings. The van der Waals surface area contributed by atoms with Crippen LogP contribution in [0.3, 0.4) is 0 Å². The van der Waals surface area contributed by atoms with Gasteiger partial charge in [0, 0.05) is 6.07 Å². The highest BCUT2D eigenvalue weighted by molar-refractivity contribution is 6.07. The first kappa shape index (κ1) is 14.2. The van der Waals surface area contributed by atoms with Gasteiger partial charge in [-0.25, -0.2) is 0 Å². The number of amides is 1. The largest absolute Gasteiger partial charge is 0.504 e. The number of nitrogens with one attached hydrogen (secondary N) is 1. The zero-order chi connectivity index (χ0) is 15.4. The van der Waals surface area contributed by atoms with Gasteiger partial charge >= 0.3 is 0 Å². The fraction of sp³-hybridized carbons (Fsp3) is 0.0667. The third kappa shape index (κ3) is 2.87. The van der Waals surface area contributed by atoms with Gasteiger partial charge < -0.3 is 20.3 Å². The van der Waals surface area contributed by atoms with Crippen molar-refractivity contribution in [2.24, 2.45) is 0 Å². The van der Waals surface area contributed by atoms with Crippen LogP contribution >= 0.6 is 0 Å². The van der Waals surface area contributed by atoms with Crippen molar-refractivity contribution >= 4 is 11.6 Å². The molecule has 0 spiro atoms. The van der Waals surface area contributed by atoms with Crippen molar-refractivity contribution in [3.8, 4) is 23.3 Å².